The number of thioether (sulfide) groups is 1. The number of carbonyl (C=O) groups excluding carboxylic acids is 1. The highest BCUT2D eigenvalue weighted by Crippen LogP contribution is 2.24. The van der Waals surface area contributed by atoms with Gasteiger partial charge in [-0.1, -0.05) is 12.1 Å². The summed E-state index contributed by atoms with van der Waals surface area (Å²) >= 11 is 1.48. The Morgan fingerprint density at radius 1 is 1.19 bits per heavy atom. The Bertz CT molecular complexity index is 701. The topological polar surface area (TPSA) is 92.4 Å². The van der Waals surface area contributed by atoms with Crippen LogP contribution < -0.4 is 11.1 Å². The number of nitrogens with two attached hydrogens (primary N) is 1. The number of anilines is 2. The van der Waals surface area contributed by atoms with E-state index in [4.69, 9.17) is 10.8 Å². The molecule has 0 bridgehead atoms. The van der Waals surface area contributed by atoms with Gasteiger partial charge >= 0.3 is 5.97 Å². The van der Waals surface area contributed by atoms with Gasteiger partial charge in [0, 0.05) is 4.90 Å². The number of aromatic carboxylic acids is 1. The molecule has 1 amide bonds. The molecule has 0 heterocycles. The molecular formula is C15H14N2O3S. The second kappa shape index (κ2) is 6.32. The minimum atomic E-state index is -1.06. The first-order chi connectivity index (χ1) is 10.0. The molecule has 0 atom stereocenters. The van der Waals surface area contributed by atoms with E-state index in [1.165, 1.54) is 30.0 Å². The summed E-state index contributed by atoms with van der Waals surface area (Å²) in [5.41, 5.74) is 7.00. The molecule has 0 aliphatic rings. The van der Waals surface area contributed by atoms with Crippen LogP contribution in [0.2, 0.25) is 0 Å². The van der Waals surface area contributed by atoms with Gasteiger partial charge in [-0.25, -0.2) is 4.79 Å². The van der Waals surface area contributed by atoms with Gasteiger partial charge in [-0.2, -0.15) is 0 Å². The summed E-state index contributed by atoms with van der Waals surface area (Å²) in [6.45, 7) is 0. The summed E-state index contributed by atoms with van der Waals surface area (Å²) in [4.78, 5) is 24.0. The number of hydrogen-bond acceptors (Lipinski definition) is 4. The maximum Gasteiger partial charge on any atom is 0.335 e. The van der Waals surface area contributed by atoms with Crippen LogP contribution in [0.1, 0.15) is 20.7 Å². The van der Waals surface area contributed by atoms with Crippen molar-refractivity contribution in [1.29, 1.82) is 0 Å². The van der Waals surface area contributed by atoms with Crippen molar-refractivity contribution < 1.29 is 14.7 Å². The zero-order valence-corrected chi connectivity index (χ0v) is 12.1. The minimum Gasteiger partial charge on any atom is -0.478 e. The first-order valence-corrected chi connectivity index (χ1v) is 7.32. The van der Waals surface area contributed by atoms with Crippen LogP contribution in [0.3, 0.4) is 0 Å². The maximum atomic E-state index is 12.3. The average Bonchev–Trinajstić information content (AvgIpc) is 2.48. The van der Waals surface area contributed by atoms with E-state index in [0.717, 1.165) is 4.90 Å². The van der Waals surface area contributed by atoms with E-state index in [-0.39, 0.29) is 17.2 Å². The third-order valence-corrected chi connectivity index (χ3v) is 3.69. The smallest absolute Gasteiger partial charge is 0.335 e. The summed E-state index contributed by atoms with van der Waals surface area (Å²) in [7, 11) is 0. The lowest BCUT2D eigenvalue weighted by Crippen LogP contribution is -2.14. The van der Waals surface area contributed by atoms with Gasteiger partial charge in [0.15, 0.2) is 0 Å². The fraction of sp³-hybridized carbons (Fsp3) is 0.0667. The fourth-order valence-electron chi connectivity index (χ4n) is 1.83. The lowest BCUT2D eigenvalue weighted by Gasteiger charge is -2.11. The molecule has 0 saturated heterocycles. The van der Waals surface area contributed by atoms with Crippen LogP contribution in [0.15, 0.2) is 47.4 Å². The van der Waals surface area contributed by atoms with Gasteiger partial charge in [0.05, 0.1) is 22.5 Å². The maximum absolute atomic E-state index is 12.3. The van der Waals surface area contributed by atoms with E-state index in [1.54, 1.807) is 12.1 Å². The van der Waals surface area contributed by atoms with Gasteiger partial charge in [0.1, 0.15) is 0 Å². The molecule has 2 aromatic rings. The molecular weight excluding hydrogens is 288 g/mol. The Hall–Kier alpha value is -2.47. The molecule has 0 fully saturated rings. The lowest BCUT2D eigenvalue weighted by atomic mass is 10.1. The molecule has 4 N–H and O–H groups in total. The molecule has 21 heavy (non-hydrogen) atoms. The lowest BCUT2D eigenvalue weighted by molar-refractivity contribution is 0.0697. The Morgan fingerprint density at radius 2 is 1.90 bits per heavy atom. The number of amides is 1. The Morgan fingerprint density at radius 3 is 2.52 bits per heavy atom. The second-order valence-electron chi connectivity index (χ2n) is 4.26. The van der Waals surface area contributed by atoms with E-state index in [0.29, 0.717) is 11.3 Å². The van der Waals surface area contributed by atoms with Crippen molar-refractivity contribution in [2.24, 2.45) is 0 Å². The molecule has 0 saturated carbocycles. The molecule has 0 radical (unpaired) electrons. The van der Waals surface area contributed by atoms with Gasteiger partial charge in [0.25, 0.3) is 5.91 Å². The summed E-state index contributed by atoms with van der Waals surface area (Å²) in [5.74, 6) is -1.35. The van der Waals surface area contributed by atoms with Crippen LogP contribution in [0.25, 0.3) is 0 Å². The highest BCUT2D eigenvalue weighted by atomic mass is 32.2. The van der Waals surface area contributed by atoms with E-state index in [2.05, 4.69) is 5.32 Å². The van der Waals surface area contributed by atoms with Gasteiger partial charge in [-0.05, 0) is 36.6 Å². The number of carbonyl (C=O) groups is 2. The van der Waals surface area contributed by atoms with Gasteiger partial charge < -0.3 is 16.2 Å². The van der Waals surface area contributed by atoms with E-state index >= 15 is 0 Å². The normalized spacial score (nSPS) is 10.1. The molecule has 0 unspecified atom stereocenters. The number of nitrogen functional groups attached to an aromatic ring is 1. The number of carboxylic acid groups (broad SMARTS) is 1. The number of hydrogen-bond donors (Lipinski definition) is 3. The van der Waals surface area contributed by atoms with Gasteiger partial charge in [-0.3, -0.25) is 4.79 Å². The second-order valence-corrected chi connectivity index (χ2v) is 5.11. The van der Waals surface area contributed by atoms with E-state index in [9.17, 15) is 9.59 Å². The fourth-order valence-corrected chi connectivity index (χ4v) is 2.43. The molecule has 0 spiro atoms. The zero-order chi connectivity index (χ0) is 15.4. The van der Waals surface area contributed by atoms with Crippen molar-refractivity contribution in [2.75, 3.05) is 17.3 Å². The third-order valence-electron chi connectivity index (χ3n) is 2.90. The Balaban J connectivity index is 2.26. The van der Waals surface area contributed by atoms with E-state index < -0.39 is 5.97 Å². The summed E-state index contributed by atoms with van der Waals surface area (Å²) < 4.78 is 0. The largest absolute Gasteiger partial charge is 0.478 e. The average molecular weight is 302 g/mol. The molecule has 6 heteroatoms. The Labute approximate surface area is 126 Å². The van der Waals surface area contributed by atoms with Crippen molar-refractivity contribution in [3.63, 3.8) is 0 Å². The van der Waals surface area contributed by atoms with Crippen molar-refractivity contribution in [1.82, 2.24) is 0 Å². The van der Waals surface area contributed by atoms with Crippen molar-refractivity contribution in [3.8, 4) is 0 Å². The van der Waals surface area contributed by atoms with Crippen LogP contribution in [0.5, 0.6) is 0 Å². The molecule has 0 aliphatic heterocycles. The highest BCUT2D eigenvalue weighted by Gasteiger charge is 2.13. The summed E-state index contributed by atoms with van der Waals surface area (Å²) in [6, 6.07) is 11.4. The number of rotatable bonds is 4. The molecule has 2 aromatic carbocycles. The van der Waals surface area contributed by atoms with Crippen LogP contribution in [0, 0.1) is 0 Å². The highest BCUT2D eigenvalue weighted by molar-refractivity contribution is 7.98. The molecule has 5 nitrogen and oxygen atoms in total. The first kappa shape index (κ1) is 14.9. The SMILES string of the molecule is CSc1ccccc1C(=O)Nc1ccc(C(=O)O)cc1N. The molecule has 108 valence electrons. The first-order valence-electron chi connectivity index (χ1n) is 6.10. The van der Waals surface area contributed by atoms with E-state index in [1.807, 2.05) is 18.4 Å². The third kappa shape index (κ3) is 3.35. The Kier molecular flexibility index (Phi) is 4.49. The molecule has 2 rings (SSSR count). The van der Waals surface area contributed by atoms with Gasteiger partial charge in [-0.15, -0.1) is 11.8 Å². The zero-order valence-electron chi connectivity index (χ0n) is 11.3. The van der Waals surface area contributed by atoms with Crippen LogP contribution in [-0.4, -0.2) is 23.2 Å². The number of carboxylic acids is 1. The monoisotopic (exact) mass is 302 g/mol. The van der Waals surface area contributed by atoms with Crippen molar-refractivity contribution >= 4 is 35.0 Å². The van der Waals surface area contributed by atoms with Crippen LogP contribution in [-0.2, 0) is 0 Å². The summed E-state index contributed by atoms with van der Waals surface area (Å²) in [5, 5.41) is 11.6. The predicted molar refractivity (Wildman–Crippen MR) is 84.0 cm³/mol. The minimum absolute atomic E-state index is 0.0787. The molecule has 0 aromatic heterocycles. The van der Waals surface area contributed by atoms with Gasteiger partial charge in [0.2, 0.25) is 0 Å². The quantitative estimate of drug-likeness (QED) is 0.596. The van der Waals surface area contributed by atoms with Crippen molar-refractivity contribution in [3.05, 3.63) is 53.6 Å². The van der Waals surface area contributed by atoms with Crippen LogP contribution in [0.4, 0.5) is 11.4 Å². The summed E-state index contributed by atoms with van der Waals surface area (Å²) in [6.07, 6.45) is 1.89. The van der Waals surface area contributed by atoms with Crippen molar-refractivity contribution in [2.45, 2.75) is 4.90 Å². The predicted octanol–water partition coefficient (Wildman–Crippen LogP) is 2.94. The van der Waals surface area contributed by atoms with Crippen LogP contribution >= 0.6 is 11.8 Å². The number of nitrogens with one attached hydrogen (secondary N) is 1. The standard InChI is InChI=1S/C15H14N2O3S/c1-21-13-5-3-2-4-10(13)14(18)17-12-7-6-9(15(19)20)8-11(12)16/h2-8H,16H2,1H3,(H,17,18)(H,19,20). The number of benzene rings is 2. The molecule has 0 aliphatic carbocycles.